The molecule has 0 saturated carbocycles. The van der Waals surface area contributed by atoms with Crippen LogP contribution in [0.3, 0.4) is 0 Å². The molecule has 1 unspecified atom stereocenters. The minimum absolute atomic E-state index is 0.0693. The second kappa shape index (κ2) is 7.32. The maximum absolute atomic E-state index is 12.6. The molecule has 1 aliphatic heterocycles. The summed E-state index contributed by atoms with van der Waals surface area (Å²) >= 11 is 5.05. The van der Waals surface area contributed by atoms with Crippen molar-refractivity contribution in [1.29, 1.82) is 0 Å². The average molecular weight is 392 g/mol. The topological polar surface area (TPSA) is 29.5 Å². The number of hydrogen-bond acceptors (Lipinski definition) is 3. The van der Waals surface area contributed by atoms with Crippen molar-refractivity contribution in [1.82, 2.24) is 4.90 Å². The van der Waals surface area contributed by atoms with Crippen molar-refractivity contribution in [3.63, 3.8) is 0 Å². The standard InChI is InChI=1S/C18H18BrNO2S/c1-22-14-5-2-4-13(12-14)16-6-3-11-20(16)18(21)10-8-15-7-9-17(19)23-15/h2,4-5,7-10,12,16H,3,6,11H2,1H3/b10-8+. The molecule has 0 radical (unpaired) electrons. The number of carbonyl (C=O) groups is 1. The van der Waals surface area contributed by atoms with Crippen molar-refractivity contribution in [2.45, 2.75) is 18.9 Å². The van der Waals surface area contributed by atoms with Crippen LogP contribution < -0.4 is 4.74 Å². The minimum Gasteiger partial charge on any atom is -0.497 e. The van der Waals surface area contributed by atoms with Gasteiger partial charge in [-0.3, -0.25) is 4.79 Å². The monoisotopic (exact) mass is 391 g/mol. The number of likely N-dealkylation sites (tertiary alicyclic amines) is 1. The fourth-order valence-corrected chi connectivity index (χ4v) is 4.22. The van der Waals surface area contributed by atoms with Crippen LogP contribution in [-0.4, -0.2) is 24.5 Å². The molecule has 5 heteroatoms. The van der Waals surface area contributed by atoms with Crippen LogP contribution in [-0.2, 0) is 4.79 Å². The lowest BCUT2D eigenvalue weighted by Crippen LogP contribution is -2.28. The van der Waals surface area contributed by atoms with Gasteiger partial charge in [-0.05, 0) is 64.7 Å². The molecule has 0 spiro atoms. The molecule has 1 amide bonds. The minimum atomic E-state index is 0.0693. The van der Waals surface area contributed by atoms with Gasteiger partial charge in [0.2, 0.25) is 5.91 Å². The summed E-state index contributed by atoms with van der Waals surface area (Å²) in [6.07, 6.45) is 5.60. The number of amides is 1. The van der Waals surface area contributed by atoms with E-state index in [1.807, 2.05) is 41.3 Å². The molecule has 1 aromatic carbocycles. The molecular weight excluding hydrogens is 374 g/mol. The van der Waals surface area contributed by atoms with E-state index in [4.69, 9.17) is 4.74 Å². The molecule has 2 aromatic rings. The Labute approximate surface area is 148 Å². The van der Waals surface area contributed by atoms with E-state index in [1.54, 1.807) is 24.5 Å². The Kier molecular flexibility index (Phi) is 5.18. The fourth-order valence-electron chi connectivity index (χ4n) is 2.89. The summed E-state index contributed by atoms with van der Waals surface area (Å²) < 4.78 is 6.37. The highest BCUT2D eigenvalue weighted by Gasteiger charge is 2.28. The number of methoxy groups -OCH3 is 1. The molecule has 1 aromatic heterocycles. The Morgan fingerprint density at radius 2 is 2.26 bits per heavy atom. The summed E-state index contributed by atoms with van der Waals surface area (Å²) in [4.78, 5) is 15.6. The van der Waals surface area contributed by atoms with Gasteiger partial charge in [0.25, 0.3) is 0 Å². The van der Waals surface area contributed by atoms with Gasteiger partial charge in [0.1, 0.15) is 5.75 Å². The molecule has 3 nitrogen and oxygen atoms in total. The van der Waals surface area contributed by atoms with Gasteiger partial charge in [-0.2, -0.15) is 0 Å². The van der Waals surface area contributed by atoms with E-state index in [-0.39, 0.29) is 11.9 Å². The van der Waals surface area contributed by atoms with E-state index in [0.29, 0.717) is 0 Å². The molecule has 1 fully saturated rings. The number of ether oxygens (including phenoxy) is 1. The lowest BCUT2D eigenvalue weighted by Gasteiger charge is -2.24. The average Bonchev–Trinajstić information content (AvgIpc) is 3.21. The molecule has 1 atom stereocenters. The normalized spacial score (nSPS) is 17.8. The number of nitrogens with zero attached hydrogens (tertiary/aromatic N) is 1. The van der Waals surface area contributed by atoms with Crippen molar-refractivity contribution in [3.8, 4) is 5.75 Å². The highest BCUT2D eigenvalue weighted by Crippen LogP contribution is 2.33. The molecular formula is C18H18BrNO2S. The first-order chi connectivity index (χ1) is 11.2. The number of carbonyl (C=O) groups excluding carboxylic acids is 1. The van der Waals surface area contributed by atoms with Crippen molar-refractivity contribution in [3.05, 3.63) is 56.7 Å². The van der Waals surface area contributed by atoms with Gasteiger partial charge in [0.15, 0.2) is 0 Å². The molecule has 0 bridgehead atoms. The second-order valence-electron chi connectivity index (χ2n) is 5.44. The van der Waals surface area contributed by atoms with Crippen LogP contribution in [0.4, 0.5) is 0 Å². The number of thiophene rings is 1. The van der Waals surface area contributed by atoms with Gasteiger partial charge in [-0.15, -0.1) is 11.3 Å². The van der Waals surface area contributed by atoms with Crippen LogP contribution in [0.25, 0.3) is 6.08 Å². The highest BCUT2D eigenvalue weighted by molar-refractivity contribution is 9.11. The summed E-state index contributed by atoms with van der Waals surface area (Å²) in [5, 5.41) is 0. The second-order valence-corrected chi connectivity index (χ2v) is 7.94. The molecule has 3 rings (SSSR count). The quantitative estimate of drug-likeness (QED) is 0.693. The Hall–Kier alpha value is -1.59. The van der Waals surface area contributed by atoms with Gasteiger partial charge in [-0.25, -0.2) is 0 Å². The van der Waals surface area contributed by atoms with Gasteiger partial charge in [-0.1, -0.05) is 12.1 Å². The highest BCUT2D eigenvalue weighted by atomic mass is 79.9. The molecule has 120 valence electrons. The Morgan fingerprint density at radius 3 is 3.00 bits per heavy atom. The number of rotatable bonds is 4. The van der Waals surface area contributed by atoms with Crippen LogP contribution in [0.2, 0.25) is 0 Å². The molecule has 0 aliphatic carbocycles. The van der Waals surface area contributed by atoms with E-state index < -0.39 is 0 Å². The third-order valence-corrected chi connectivity index (χ3v) is 5.59. The lowest BCUT2D eigenvalue weighted by molar-refractivity contribution is -0.126. The predicted octanol–water partition coefficient (Wildman–Crippen LogP) is 4.90. The molecule has 1 saturated heterocycles. The van der Waals surface area contributed by atoms with Gasteiger partial charge < -0.3 is 9.64 Å². The SMILES string of the molecule is COc1cccc(C2CCCN2C(=O)/C=C/c2ccc(Br)s2)c1. The largest absolute Gasteiger partial charge is 0.497 e. The Balaban J connectivity index is 1.75. The van der Waals surface area contributed by atoms with Crippen molar-refractivity contribution in [2.75, 3.05) is 13.7 Å². The Morgan fingerprint density at radius 1 is 1.39 bits per heavy atom. The van der Waals surface area contributed by atoms with Gasteiger partial charge in [0.05, 0.1) is 16.9 Å². The van der Waals surface area contributed by atoms with Crippen LogP contribution in [0, 0.1) is 0 Å². The van der Waals surface area contributed by atoms with Gasteiger partial charge >= 0.3 is 0 Å². The van der Waals surface area contributed by atoms with Crippen LogP contribution in [0.1, 0.15) is 29.3 Å². The molecule has 0 N–H and O–H groups in total. The first kappa shape index (κ1) is 16.3. The number of halogens is 1. The smallest absolute Gasteiger partial charge is 0.247 e. The number of benzene rings is 1. The fraction of sp³-hybridized carbons (Fsp3) is 0.278. The predicted molar refractivity (Wildman–Crippen MR) is 97.7 cm³/mol. The lowest BCUT2D eigenvalue weighted by atomic mass is 10.0. The summed E-state index contributed by atoms with van der Waals surface area (Å²) in [7, 11) is 1.67. The van der Waals surface area contributed by atoms with E-state index in [1.165, 1.54) is 0 Å². The van der Waals surface area contributed by atoms with Crippen molar-refractivity contribution in [2.24, 2.45) is 0 Å². The van der Waals surface area contributed by atoms with E-state index >= 15 is 0 Å². The van der Waals surface area contributed by atoms with Crippen molar-refractivity contribution < 1.29 is 9.53 Å². The molecule has 2 heterocycles. The zero-order valence-corrected chi connectivity index (χ0v) is 15.3. The summed E-state index contributed by atoms with van der Waals surface area (Å²) in [6, 6.07) is 12.1. The van der Waals surface area contributed by atoms with E-state index in [9.17, 15) is 4.79 Å². The molecule has 1 aliphatic rings. The summed E-state index contributed by atoms with van der Waals surface area (Å²) in [5.41, 5.74) is 1.14. The summed E-state index contributed by atoms with van der Waals surface area (Å²) in [5.74, 6) is 0.903. The van der Waals surface area contributed by atoms with Crippen LogP contribution in [0.15, 0.2) is 46.3 Å². The van der Waals surface area contributed by atoms with Crippen LogP contribution >= 0.6 is 27.3 Å². The molecule has 23 heavy (non-hydrogen) atoms. The Bertz CT molecular complexity index is 725. The summed E-state index contributed by atoms with van der Waals surface area (Å²) in [6.45, 7) is 0.805. The third-order valence-electron chi connectivity index (χ3n) is 4.00. The third kappa shape index (κ3) is 3.85. The maximum Gasteiger partial charge on any atom is 0.247 e. The maximum atomic E-state index is 12.6. The van der Waals surface area contributed by atoms with E-state index in [0.717, 1.165) is 39.4 Å². The van der Waals surface area contributed by atoms with E-state index in [2.05, 4.69) is 22.0 Å². The first-order valence-corrected chi connectivity index (χ1v) is 9.16. The zero-order valence-electron chi connectivity index (χ0n) is 12.9. The van der Waals surface area contributed by atoms with Crippen LogP contribution in [0.5, 0.6) is 5.75 Å². The van der Waals surface area contributed by atoms with Crippen molar-refractivity contribution >= 4 is 39.2 Å². The van der Waals surface area contributed by atoms with Gasteiger partial charge in [0, 0.05) is 17.5 Å². The first-order valence-electron chi connectivity index (χ1n) is 7.55. The zero-order chi connectivity index (χ0) is 16.2. The number of hydrogen-bond donors (Lipinski definition) is 0.